The lowest BCUT2D eigenvalue weighted by molar-refractivity contribution is -0.111. The predicted octanol–water partition coefficient (Wildman–Crippen LogP) is 4.76. The molecule has 0 saturated heterocycles. The molecule has 22 heavy (non-hydrogen) atoms. The molecule has 0 radical (unpaired) electrons. The third kappa shape index (κ3) is 4.49. The lowest BCUT2D eigenvalue weighted by atomic mass is 10.0. The minimum absolute atomic E-state index is 0.284. The fraction of sp³-hybridized carbons (Fsp3) is 0.176. The van der Waals surface area contributed by atoms with Crippen molar-refractivity contribution in [2.24, 2.45) is 0 Å². The van der Waals surface area contributed by atoms with Crippen molar-refractivity contribution in [3.63, 3.8) is 0 Å². The molecule has 0 spiro atoms. The molecule has 114 valence electrons. The molecule has 0 unspecified atom stereocenters. The third-order valence-electron chi connectivity index (χ3n) is 3.08. The minimum Gasteiger partial charge on any atom is -0.306 e. The number of carbonyl (C=O) groups is 1. The normalized spacial score (nSPS) is 11.1. The van der Waals surface area contributed by atoms with Crippen LogP contribution in [0.2, 0.25) is 0 Å². The molecular formula is C17H16BrFN2O. The van der Waals surface area contributed by atoms with Gasteiger partial charge >= 0.3 is 0 Å². The highest BCUT2D eigenvalue weighted by molar-refractivity contribution is 9.10. The van der Waals surface area contributed by atoms with E-state index < -0.39 is 5.82 Å². The molecule has 0 fully saturated rings. The Hall–Kier alpha value is -2.01. The molecule has 1 amide bonds. The number of nitrogens with zero attached hydrogens (tertiary/aromatic N) is 1. The second kappa shape index (κ2) is 7.31. The average molecular weight is 363 g/mol. The van der Waals surface area contributed by atoms with Crippen molar-refractivity contribution in [3.8, 4) is 0 Å². The molecule has 1 N–H and O–H groups in total. The summed E-state index contributed by atoms with van der Waals surface area (Å²) in [7, 11) is 0. The maximum atomic E-state index is 12.9. The van der Waals surface area contributed by atoms with Crippen LogP contribution in [0.3, 0.4) is 0 Å². The Kier molecular flexibility index (Phi) is 5.44. The summed E-state index contributed by atoms with van der Waals surface area (Å²) < 4.78 is 13.3. The molecular weight excluding hydrogens is 347 g/mol. The number of anilines is 1. The van der Waals surface area contributed by atoms with E-state index >= 15 is 0 Å². The maximum absolute atomic E-state index is 12.9. The van der Waals surface area contributed by atoms with Crippen LogP contribution >= 0.6 is 15.9 Å². The van der Waals surface area contributed by atoms with E-state index in [0.29, 0.717) is 10.4 Å². The van der Waals surface area contributed by atoms with Crippen LogP contribution in [0.15, 0.2) is 47.1 Å². The number of nitrogens with one attached hydrogen (secondary N) is 1. The van der Waals surface area contributed by atoms with Gasteiger partial charge in [0.05, 0.1) is 10.7 Å². The first-order valence-electron chi connectivity index (χ1n) is 6.86. The van der Waals surface area contributed by atoms with Crippen molar-refractivity contribution in [1.82, 2.24) is 4.98 Å². The van der Waals surface area contributed by atoms with Crippen LogP contribution in [0.4, 0.5) is 10.2 Å². The summed E-state index contributed by atoms with van der Waals surface area (Å²) in [5.74, 6) is -0.0344. The van der Waals surface area contributed by atoms with E-state index in [1.54, 1.807) is 6.08 Å². The fourth-order valence-corrected chi connectivity index (χ4v) is 2.25. The number of rotatable bonds is 4. The summed E-state index contributed by atoms with van der Waals surface area (Å²) in [6.07, 6.45) is 4.19. The van der Waals surface area contributed by atoms with Crippen molar-refractivity contribution in [2.45, 2.75) is 19.8 Å². The SMILES string of the molecule is CC(C)c1ccc(/C=C/C(=O)Nc2ncc(F)cc2Br)cc1. The zero-order valence-corrected chi connectivity index (χ0v) is 13.9. The van der Waals surface area contributed by atoms with E-state index in [0.717, 1.165) is 11.8 Å². The van der Waals surface area contributed by atoms with Gasteiger partial charge in [-0.25, -0.2) is 9.37 Å². The Bertz CT molecular complexity index is 696. The van der Waals surface area contributed by atoms with E-state index in [9.17, 15) is 9.18 Å². The van der Waals surface area contributed by atoms with Crippen LogP contribution in [0.5, 0.6) is 0 Å². The van der Waals surface area contributed by atoms with E-state index in [-0.39, 0.29) is 11.7 Å². The summed E-state index contributed by atoms with van der Waals surface area (Å²) >= 11 is 3.15. The molecule has 3 nitrogen and oxygen atoms in total. The second-order valence-electron chi connectivity index (χ2n) is 5.13. The summed E-state index contributed by atoms with van der Waals surface area (Å²) in [5.41, 5.74) is 2.19. The van der Waals surface area contributed by atoms with Gasteiger partial charge in [-0.15, -0.1) is 0 Å². The maximum Gasteiger partial charge on any atom is 0.249 e. The molecule has 5 heteroatoms. The van der Waals surface area contributed by atoms with Gasteiger partial charge in [0, 0.05) is 6.08 Å². The fourth-order valence-electron chi connectivity index (χ4n) is 1.83. The van der Waals surface area contributed by atoms with Crippen molar-refractivity contribution >= 4 is 33.7 Å². The molecule has 1 heterocycles. The monoisotopic (exact) mass is 362 g/mol. The van der Waals surface area contributed by atoms with Gasteiger partial charge in [-0.05, 0) is 45.1 Å². The Morgan fingerprint density at radius 1 is 1.32 bits per heavy atom. The molecule has 0 aliphatic carbocycles. The minimum atomic E-state index is -0.467. The second-order valence-corrected chi connectivity index (χ2v) is 5.98. The van der Waals surface area contributed by atoms with Gasteiger partial charge in [0.1, 0.15) is 11.6 Å². The van der Waals surface area contributed by atoms with Gasteiger partial charge in [0.15, 0.2) is 0 Å². The largest absolute Gasteiger partial charge is 0.306 e. The number of hydrogen-bond acceptors (Lipinski definition) is 2. The van der Waals surface area contributed by atoms with Crippen molar-refractivity contribution in [1.29, 1.82) is 0 Å². The van der Waals surface area contributed by atoms with Gasteiger partial charge in [-0.2, -0.15) is 0 Å². The van der Waals surface area contributed by atoms with Crippen LogP contribution in [0.1, 0.15) is 30.9 Å². The highest BCUT2D eigenvalue weighted by Gasteiger charge is 2.05. The standard InChI is InChI=1S/C17H16BrFN2O/c1-11(2)13-6-3-12(4-7-13)5-8-16(22)21-17-15(18)9-14(19)10-20-17/h3-11H,1-2H3,(H,20,21,22)/b8-5+. The number of pyridine rings is 1. The van der Waals surface area contributed by atoms with Crippen molar-refractivity contribution in [3.05, 3.63) is 64.0 Å². The summed E-state index contributed by atoms with van der Waals surface area (Å²) in [6, 6.07) is 9.26. The number of halogens is 2. The van der Waals surface area contributed by atoms with E-state index in [1.165, 1.54) is 17.7 Å². The van der Waals surface area contributed by atoms with Crippen LogP contribution in [0, 0.1) is 5.82 Å². The number of carbonyl (C=O) groups excluding carboxylic acids is 1. The molecule has 1 aromatic heterocycles. The molecule has 2 rings (SSSR count). The van der Waals surface area contributed by atoms with Crippen molar-refractivity contribution in [2.75, 3.05) is 5.32 Å². The quantitative estimate of drug-likeness (QED) is 0.796. The number of amides is 1. The molecule has 0 aliphatic heterocycles. The van der Waals surface area contributed by atoms with Gasteiger partial charge in [-0.1, -0.05) is 38.1 Å². The van der Waals surface area contributed by atoms with Crippen LogP contribution in [-0.4, -0.2) is 10.9 Å². The van der Waals surface area contributed by atoms with Crippen molar-refractivity contribution < 1.29 is 9.18 Å². The Balaban J connectivity index is 2.01. The molecule has 2 aromatic rings. The number of benzene rings is 1. The summed E-state index contributed by atoms with van der Waals surface area (Å²) in [4.78, 5) is 15.7. The zero-order valence-electron chi connectivity index (χ0n) is 12.3. The Morgan fingerprint density at radius 3 is 2.59 bits per heavy atom. The summed E-state index contributed by atoms with van der Waals surface area (Å²) in [5, 5.41) is 2.59. The predicted molar refractivity (Wildman–Crippen MR) is 90.1 cm³/mol. The highest BCUT2D eigenvalue weighted by Crippen LogP contribution is 2.20. The Labute approximate surface area is 137 Å². The topological polar surface area (TPSA) is 42.0 Å². The van der Waals surface area contributed by atoms with Gasteiger partial charge in [-0.3, -0.25) is 4.79 Å². The Morgan fingerprint density at radius 2 is 2.00 bits per heavy atom. The first-order valence-corrected chi connectivity index (χ1v) is 7.65. The van der Waals surface area contributed by atoms with E-state index in [4.69, 9.17) is 0 Å². The van der Waals surface area contributed by atoms with Crippen LogP contribution in [0.25, 0.3) is 6.08 Å². The zero-order chi connectivity index (χ0) is 16.1. The first-order chi connectivity index (χ1) is 10.5. The molecule has 1 aromatic carbocycles. The van der Waals surface area contributed by atoms with E-state index in [2.05, 4.69) is 40.1 Å². The smallest absolute Gasteiger partial charge is 0.249 e. The number of hydrogen-bond donors (Lipinski definition) is 1. The summed E-state index contributed by atoms with van der Waals surface area (Å²) in [6.45, 7) is 4.26. The molecule has 0 atom stereocenters. The molecule has 0 aliphatic rings. The van der Waals surface area contributed by atoms with Gasteiger partial charge < -0.3 is 5.32 Å². The highest BCUT2D eigenvalue weighted by atomic mass is 79.9. The lowest BCUT2D eigenvalue weighted by Gasteiger charge is -2.05. The lowest BCUT2D eigenvalue weighted by Crippen LogP contribution is -2.09. The van der Waals surface area contributed by atoms with Crippen LogP contribution < -0.4 is 5.32 Å². The molecule has 0 bridgehead atoms. The van der Waals surface area contributed by atoms with Gasteiger partial charge in [0.25, 0.3) is 0 Å². The van der Waals surface area contributed by atoms with Crippen LogP contribution in [-0.2, 0) is 4.79 Å². The molecule has 0 saturated carbocycles. The third-order valence-corrected chi connectivity index (χ3v) is 3.68. The average Bonchev–Trinajstić information content (AvgIpc) is 2.48. The van der Waals surface area contributed by atoms with E-state index in [1.807, 2.05) is 24.3 Å². The number of aromatic nitrogens is 1. The first kappa shape index (κ1) is 16.4. The van der Waals surface area contributed by atoms with Gasteiger partial charge in [0.2, 0.25) is 5.91 Å².